The van der Waals surface area contributed by atoms with E-state index in [-0.39, 0.29) is 17.0 Å². The van der Waals surface area contributed by atoms with E-state index in [0.717, 1.165) is 0 Å². The summed E-state index contributed by atoms with van der Waals surface area (Å²) >= 11 is 0. The normalized spacial score (nSPS) is 29.1. The molecule has 2 unspecified atom stereocenters. The van der Waals surface area contributed by atoms with Crippen LogP contribution in [0.25, 0.3) is 0 Å². The van der Waals surface area contributed by atoms with Crippen LogP contribution in [0.2, 0.25) is 0 Å². The second kappa shape index (κ2) is 8.61. The number of phenolic OH excluding ortho intramolecular Hbond substituents is 1. The summed E-state index contributed by atoms with van der Waals surface area (Å²) in [4.78, 5) is 24.3. The van der Waals surface area contributed by atoms with Crippen LogP contribution in [0.5, 0.6) is 5.75 Å². The van der Waals surface area contributed by atoms with E-state index in [9.17, 15) is 30.0 Å². The number of hydrogen-bond donors (Lipinski definition) is 7. The third-order valence-electron chi connectivity index (χ3n) is 4.17. The Hall–Kier alpha value is -2.28. The maximum absolute atomic E-state index is 12.2. The van der Waals surface area contributed by atoms with Crippen molar-refractivity contribution in [3.05, 3.63) is 23.8 Å². The van der Waals surface area contributed by atoms with Gasteiger partial charge in [-0.05, 0) is 12.1 Å². The molecule has 1 aromatic rings. The van der Waals surface area contributed by atoms with E-state index in [0.29, 0.717) is 0 Å². The van der Waals surface area contributed by atoms with Gasteiger partial charge in [0.05, 0.1) is 12.3 Å². The van der Waals surface area contributed by atoms with Gasteiger partial charge in [0.15, 0.2) is 5.78 Å². The third-order valence-corrected chi connectivity index (χ3v) is 4.17. The molecule has 0 radical (unpaired) electrons. The Morgan fingerprint density at radius 3 is 2.48 bits per heavy atom. The summed E-state index contributed by atoms with van der Waals surface area (Å²) in [6, 6.07) is 2.59. The van der Waals surface area contributed by atoms with Crippen LogP contribution in [0, 0.1) is 0 Å². The lowest BCUT2D eigenvalue weighted by Crippen LogP contribution is -2.60. The van der Waals surface area contributed by atoms with Gasteiger partial charge in [0.2, 0.25) is 6.29 Å². The van der Waals surface area contributed by atoms with Gasteiger partial charge in [-0.3, -0.25) is 9.59 Å². The summed E-state index contributed by atoms with van der Waals surface area (Å²) < 4.78 is 9.88. The average molecular weight is 386 g/mol. The van der Waals surface area contributed by atoms with Crippen LogP contribution in [-0.2, 0) is 14.3 Å². The minimum atomic E-state index is -1.78. The third kappa shape index (κ3) is 4.53. The lowest BCUT2D eigenvalue weighted by atomic mass is 9.99. The smallest absolute Gasteiger partial charge is 0.325 e. The number of aliphatic hydroxyl groups is 4. The fraction of sp³-hybridized carbons (Fsp3) is 0.500. The van der Waals surface area contributed by atoms with Crippen molar-refractivity contribution in [3.8, 4) is 5.75 Å². The summed E-state index contributed by atoms with van der Waals surface area (Å²) in [5, 5.41) is 47.8. The molecule has 2 rings (SSSR count). The summed E-state index contributed by atoms with van der Waals surface area (Å²) in [6.07, 6.45) is -8.57. The number of hydrogen-bond acceptors (Lipinski definition) is 11. The number of ketones is 1. The van der Waals surface area contributed by atoms with Gasteiger partial charge in [-0.2, -0.15) is 0 Å². The van der Waals surface area contributed by atoms with Gasteiger partial charge in [-0.1, -0.05) is 6.07 Å². The lowest BCUT2D eigenvalue weighted by molar-refractivity contribution is -0.293. The van der Waals surface area contributed by atoms with Crippen molar-refractivity contribution in [3.63, 3.8) is 0 Å². The summed E-state index contributed by atoms with van der Waals surface area (Å²) in [5.41, 5.74) is 11.1. The number of Topliss-reactive ketones (excluding diaryl/α,β-unsaturated/α-hetero) is 1. The molecule has 27 heavy (non-hydrogen) atoms. The molecule has 150 valence electrons. The number of carbonyl (C=O) groups is 2. The number of benzene rings is 1. The van der Waals surface area contributed by atoms with Crippen molar-refractivity contribution < 1.29 is 44.6 Å². The van der Waals surface area contributed by atoms with Crippen LogP contribution in [0.4, 0.5) is 5.69 Å². The van der Waals surface area contributed by atoms with Crippen molar-refractivity contribution in [2.75, 3.05) is 12.3 Å². The van der Waals surface area contributed by atoms with Crippen molar-refractivity contribution in [2.24, 2.45) is 5.73 Å². The molecule has 0 spiro atoms. The summed E-state index contributed by atoms with van der Waals surface area (Å²) in [5.74, 6) is -2.04. The maximum Gasteiger partial charge on any atom is 0.325 e. The molecule has 0 amide bonds. The van der Waals surface area contributed by atoms with E-state index < -0.39 is 61.5 Å². The molecular formula is C16H22N2O9. The van der Waals surface area contributed by atoms with Crippen molar-refractivity contribution in [1.29, 1.82) is 0 Å². The minimum absolute atomic E-state index is 0.0221. The predicted molar refractivity (Wildman–Crippen MR) is 89.3 cm³/mol. The molecule has 1 heterocycles. The number of nitrogen functional groups attached to an aromatic ring is 1. The number of rotatable bonds is 6. The van der Waals surface area contributed by atoms with Gasteiger partial charge in [-0.25, -0.2) is 0 Å². The first-order chi connectivity index (χ1) is 12.7. The number of para-hydroxylation sites is 1. The molecule has 9 N–H and O–H groups in total. The second-order valence-corrected chi connectivity index (χ2v) is 6.11. The number of esters is 1. The van der Waals surface area contributed by atoms with Gasteiger partial charge in [-0.15, -0.1) is 0 Å². The highest BCUT2D eigenvalue weighted by molar-refractivity contribution is 6.03. The monoisotopic (exact) mass is 386 g/mol. The minimum Gasteiger partial charge on any atom is -0.506 e. The van der Waals surface area contributed by atoms with Gasteiger partial charge < -0.3 is 46.5 Å². The van der Waals surface area contributed by atoms with Crippen LogP contribution < -0.4 is 11.5 Å². The SMILES string of the molecule is Nc1c(O)cccc1C(=O)CC(N)C(=O)OC1O[C@H](CO)[C@@H](O)[C@H](O)[C@H]1O. The highest BCUT2D eigenvalue weighted by Crippen LogP contribution is 2.25. The highest BCUT2D eigenvalue weighted by Gasteiger charge is 2.45. The quantitative estimate of drug-likeness (QED) is 0.115. The summed E-state index contributed by atoms with van der Waals surface area (Å²) in [7, 11) is 0. The number of anilines is 1. The molecule has 1 aromatic carbocycles. The van der Waals surface area contributed by atoms with E-state index in [1.807, 2.05) is 0 Å². The van der Waals surface area contributed by atoms with Crippen LogP contribution in [-0.4, -0.2) is 80.6 Å². The molecule has 6 atom stereocenters. The standard InChI is InChI=1S/C16H22N2O9/c17-7(4-9(21)6-2-1-3-8(20)11(6)18)15(25)27-16-14(24)13(23)12(22)10(5-19)26-16/h1-3,7,10,12-14,16,19-20,22-24H,4-5,17-18H2/t7?,10-,12-,13+,14-,16?/m1/s1. The first-order valence-corrected chi connectivity index (χ1v) is 8.04. The molecule has 11 nitrogen and oxygen atoms in total. The number of nitrogens with two attached hydrogens (primary N) is 2. The van der Waals surface area contributed by atoms with Gasteiger partial charge >= 0.3 is 5.97 Å². The Balaban J connectivity index is 2.00. The van der Waals surface area contributed by atoms with Crippen LogP contribution >= 0.6 is 0 Å². The Bertz CT molecular complexity index is 696. The number of ether oxygens (including phenoxy) is 2. The Morgan fingerprint density at radius 1 is 1.19 bits per heavy atom. The molecular weight excluding hydrogens is 364 g/mol. The van der Waals surface area contributed by atoms with Crippen LogP contribution in [0.3, 0.4) is 0 Å². The molecule has 1 aliphatic heterocycles. The van der Waals surface area contributed by atoms with Crippen LogP contribution in [0.1, 0.15) is 16.8 Å². The van der Waals surface area contributed by atoms with E-state index >= 15 is 0 Å². The number of phenols is 1. The zero-order chi connectivity index (χ0) is 20.3. The summed E-state index contributed by atoms with van der Waals surface area (Å²) in [6.45, 7) is -0.694. The Kier molecular flexibility index (Phi) is 6.70. The predicted octanol–water partition coefficient (Wildman–Crippen LogP) is -2.78. The Morgan fingerprint density at radius 2 is 1.85 bits per heavy atom. The van der Waals surface area contributed by atoms with Crippen molar-refractivity contribution in [1.82, 2.24) is 0 Å². The molecule has 0 aromatic heterocycles. The van der Waals surface area contributed by atoms with Crippen molar-refractivity contribution >= 4 is 17.4 Å². The molecule has 0 aliphatic carbocycles. The molecule has 0 bridgehead atoms. The van der Waals surface area contributed by atoms with E-state index in [2.05, 4.69) is 0 Å². The maximum atomic E-state index is 12.2. The van der Waals surface area contributed by atoms with Crippen LogP contribution in [0.15, 0.2) is 18.2 Å². The second-order valence-electron chi connectivity index (χ2n) is 6.11. The molecule has 1 fully saturated rings. The van der Waals surface area contributed by atoms with Gasteiger partial charge in [0.25, 0.3) is 0 Å². The van der Waals surface area contributed by atoms with E-state index in [1.54, 1.807) is 0 Å². The zero-order valence-electron chi connectivity index (χ0n) is 14.1. The fourth-order valence-corrected chi connectivity index (χ4v) is 2.56. The fourth-order valence-electron chi connectivity index (χ4n) is 2.56. The molecule has 11 heteroatoms. The first-order valence-electron chi connectivity index (χ1n) is 8.04. The van der Waals surface area contributed by atoms with Gasteiger partial charge in [0, 0.05) is 12.0 Å². The van der Waals surface area contributed by atoms with Gasteiger partial charge in [0.1, 0.15) is 36.2 Å². The lowest BCUT2D eigenvalue weighted by Gasteiger charge is -2.39. The molecule has 0 saturated carbocycles. The topological polar surface area (TPSA) is 206 Å². The first kappa shape index (κ1) is 21.0. The molecule has 1 aliphatic rings. The number of aliphatic hydroxyl groups excluding tert-OH is 4. The number of carbonyl (C=O) groups excluding carboxylic acids is 2. The molecule has 1 saturated heterocycles. The Labute approximate surface area is 153 Å². The van der Waals surface area contributed by atoms with E-state index in [1.165, 1.54) is 18.2 Å². The highest BCUT2D eigenvalue weighted by atomic mass is 16.7. The van der Waals surface area contributed by atoms with E-state index in [4.69, 9.17) is 26.0 Å². The largest absolute Gasteiger partial charge is 0.506 e. The average Bonchev–Trinajstić information content (AvgIpc) is 2.64. The zero-order valence-corrected chi connectivity index (χ0v) is 14.1. The number of aromatic hydroxyl groups is 1. The van der Waals surface area contributed by atoms with Crippen molar-refractivity contribution in [2.45, 2.75) is 43.2 Å².